The van der Waals surface area contributed by atoms with E-state index < -0.39 is 5.60 Å². The number of rotatable bonds is 3. The molecular weight excluding hydrogens is 363 g/mol. The second-order valence-electron chi connectivity index (χ2n) is 6.94. The molecular formula is C17H24BrFN2O2. The fraction of sp³-hybridized carbons (Fsp3) is 0.588. The summed E-state index contributed by atoms with van der Waals surface area (Å²) in [7, 11) is 0. The van der Waals surface area contributed by atoms with E-state index in [-0.39, 0.29) is 11.9 Å². The lowest BCUT2D eigenvalue weighted by molar-refractivity contribution is 0.0172. The van der Waals surface area contributed by atoms with Crippen LogP contribution >= 0.6 is 15.9 Å². The zero-order valence-corrected chi connectivity index (χ0v) is 15.5. The van der Waals surface area contributed by atoms with Crippen LogP contribution in [0, 0.1) is 11.7 Å². The molecule has 1 atom stereocenters. The van der Waals surface area contributed by atoms with E-state index >= 15 is 0 Å². The Morgan fingerprint density at radius 1 is 1.48 bits per heavy atom. The molecule has 6 heteroatoms. The van der Waals surface area contributed by atoms with Crippen LogP contribution in [0.15, 0.2) is 22.7 Å². The molecule has 128 valence electrons. The molecule has 0 aromatic heterocycles. The molecule has 1 aromatic carbocycles. The standard InChI is InChI=1S/C17H24BrFN2O2/c1-17(2,3)23-16(22)21-8-4-5-12(11-21)10-20-13-6-7-14(18)15(19)9-13/h6-7,9,12,20H,4-5,8,10-11H2,1-3H3. The molecule has 23 heavy (non-hydrogen) atoms. The number of carbonyl (C=O) groups is 1. The van der Waals surface area contributed by atoms with Crippen molar-refractivity contribution in [1.29, 1.82) is 0 Å². The number of likely N-dealkylation sites (tertiary alicyclic amines) is 1. The second-order valence-corrected chi connectivity index (χ2v) is 7.80. The maximum atomic E-state index is 13.5. The predicted octanol–water partition coefficient (Wildman–Crippen LogP) is 4.65. The Balaban J connectivity index is 1.86. The van der Waals surface area contributed by atoms with Crippen LogP contribution in [-0.2, 0) is 4.74 Å². The van der Waals surface area contributed by atoms with Gasteiger partial charge in [-0.2, -0.15) is 0 Å². The van der Waals surface area contributed by atoms with Gasteiger partial charge in [-0.15, -0.1) is 0 Å². The van der Waals surface area contributed by atoms with Crippen LogP contribution in [0.5, 0.6) is 0 Å². The first-order valence-electron chi connectivity index (χ1n) is 7.91. The molecule has 1 heterocycles. The smallest absolute Gasteiger partial charge is 0.410 e. The lowest BCUT2D eigenvalue weighted by Gasteiger charge is -2.34. The molecule has 1 aromatic rings. The van der Waals surface area contributed by atoms with Gasteiger partial charge in [-0.1, -0.05) is 0 Å². The Morgan fingerprint density at radius 2 is 2.22 bits per heavy atom. The van der Waals surface area contributed by atoms with Gasteiger partial charge in [0.2, 0.25) is 0 Å². The normalized spacial score (nSPS) is 18.7. The Kier molecular flexibility index (Phi) is 5.89. The van der Waals surface area contributed by atoms with Crippen molar-refractivity contribution in [3.63, 3.8) is 0 Å². The molecule has 1 aliphatic heterocycles. The highest BCUT2D eigenvalue weighted by Gasteiger charge is 2.27. The van der Waals surface area contributed by atoms with Crippen LogP contribution in [0.3, 0.4) is 0 Å². The van der Waals surface area contributed by atoms with E-state index in [0.29, 0.717) is 23.5 Å². The second kappa shape index (κ2) is 7.51. The first-order chi connectivity index (χ1) is 10.7. The third-order valence-corrected chi connectivity index (χ3v) is 4.33. The van der Waals surface area contributed by atoms with Gasteiger partial charge in [0, 0.05) is 25.3 Å². The molecule has 1 aliphatic rings. The Bertz CT molecular complexity index is 560. The Labute approximate surface area is 145 Å². The molecule has 0 saturated carbocycles. The molecule has 0 spiro atoms. The predicted molar refractivity (Wildman–Crippen MR) is 93.1 cm³/mol. The van der Waals surface area contributed by atoms with E-state index in [4.69, 9.17) is 4.74 Å². The van der Waals surface area contributed by atoms with Gasteiger partial charge in [-0.05, 0) is 73.7 Å². The van der Waals surface area contributed by atoms with Crippen LogP contribution in [-0.4, -0.2) is 36.2 Å². The highest BCUT2D eigenvalue weighted by Crippen LogP contribution is 2.22. The molecule has 2 rings (SSSR count). The number of hydrogen-bond acceptors (Lipinski definition) is 3. The van der Waals surface area contributed by atoms with Crippen LogP contribution in [0.25, 0.3) is 0 Å². The summed E-state index contributed by atoms with van der Waals surface area (Å²) in [6.45, 7) is 7.72. The average molecular weight is 387 g/mol. The van der Waals surface area contributed by atoms with Gasteiger partial charge in [0.1, 0.15) is 11.4 Å². The Morgan fingerprint density at radius 3 is 2.87 bits per heavy atom. The van der Waals surface area contributed by atoms with E-state index in [2.05, 4.69) is 21.2 Å². The fourth-order valence-corrected chi connectivity index (χ4v) is 2.84. The van der Waals surface area contributed by atoms with Crippen LogP contribution < -0.4 is 5.32 Å². The van der Waals surface area contributed by atoms with Gasteiger partial charge in [0.25, 0.3) is 0 Å². The summed E-state index contributed by atoms with van der Waals surface area (Å²) in [6.07, 6.45) is 1.75. The summed E-state index contributed by atoms with van der Waals surface area (Å²) in [5, 5.41) is 3.25. The third kappa shape index (κ3) is 5.68. The lowest BCUT2D eigenvalue weighted by Crippen LogP contribution is -2.44. The van der Waals surface area contributed by atoms with Gasteiger partial charge in [-0.25, -0.2) is 9.18 Å². The SMILES string of the molecule is CC(C)(C)OC(=O)N1CCCC(CNc2ccc(Br)c(F)c2)C1. The Hall–Kier alpha value is -1.30. The minimum absolute atomic E-state index is 0.253. The number of anilines is 1. The first-order valence-corrected chi connectivity index (χ1v) is 8.71. The molecule has 0 aliphatic carbocycles. The topological polar surface area (TPSA) is 41.6 Å². The molecule has 1 fully saturated rings. The van der Waals surface area contributed by atoms with Crippen molar-refractivity contribution in [2.24, 2.45) is 5.92 Å². The maximum absolute atomic E-state index is 13.5. The van der Waals surface area contributed by atoms with Crippen molar-refractivity contribution in [1.82, 2.24) is 4.90 Å². The number of ether oxygens (including phenoxy) is 1. The fourth-order valence-electron chi connectivity index (χ4n) is 2.59. The van der Waals surface area contributed by atoms with Crippen molar-refractivity contribution in [3.8, 4) is 0 Å². The minimum atomic E-state index is -0.475. The molecule has 1 N–H and O–H groups in total. The van der Waals surface area contributed by atoms with E-state index in [1.165, 1.54) is 6.07 Å². The largest absolute Gasteiger partial charge is 0.444 e. The minimum Gasteiger partial charge on any atom is -0.444 e. The van der Waals surface area contributed by atoms with Gasteiger partial charge in [-0.3, -0.25) is 0 Å². The van der Waals surface area contributed by atoms with Crippen molar-refractivity contribution in [2.45, 2.75) is 39.2 Å². The summed E-state index contributed by atoms with van der Waals surface area (Å²) in [5.41, 5.74) is 0.275. The number of piperidine rings is 1. The van der Waals surface area contributed by atoms with E-state index in [9.17, 15) is 9.18 Å². The van der Waals surface area contributed by atoms with E-state index in [1.807, 2.05) is 26.8 Å². The van der Waals surface area contributed by atoms with Gasteiger partial charge in [0.15, 0.2) is 0 Å². The first kappa shape index (κ1) is 18.0. The van der Waals surface area contributed by atoms with E-state index in [0.717, 1.165) is 25.1 Å². The molecule has 1 amide bonds. The van der Waals surface area contributed by atoms with Crippen molar-refractivity contribution in [3.05, 3.63) is 28.5 Å². The zero-order valence-electron chi connectivity index (χ0n) is 13.9. The number of nitrogens with zero attached hydrogens (tertiary/aromatic N) is 1. The number of nitrogens with one attached hydrogen (secondary N) is 1. The van der Waals surface area contributed by atoms with Gasteiger partial charge < -0.3 is 15.0 Å². The summed E-state index contributed by atoms with van der Waals surface area (Å²) in [5.74, 6) is 0.0528. The van der Waals surface area contributed by atoms with Gasteiger partial charge in [0.05, 0.1) is 4.47 Å². The molecule has 1 unspecified atom stereocenters. The summed E-state index contributed by atoms with van der Waals surface area (Å²) >= 11 is 3.14. The molecule has 4 nitrogen and oxygen atoms in total. The monoisotopic (exact) mass is 386 g/mol. The summed E-state index contributed by atoms with van der Waals surface area (Å²) < 4.78 is 19.4. The molecule has 1 saturated heterocycles. The quantitative estimate of drug-likeness (QED) is 0.821. The number of hydrogen-bond donors (Lipinski definition) is 1. The highest BCUT2D eigenvalue weighted by molar-refractivity contribution is 9.10. The average Bonchev–Trinajstić information content (AvgIpc) is 2.47. The lowest BCUT2D eigenvalue weighted by atomic mass is 9.98. The highest BCUT2D eigenvalue weighted by atomic mass is 79.9. The van der Waals surface area contributed by atoms with Crippen LogP contribution in [0.1, 0.15) is 33.6 Å². The van der Waals surface area contributed by atoms with Crippen molar-refractivity contribution < 1.29 is 13.9 Å². The molecule has 0 radical (unpaired) electrons. The van der Waals surface area contributed by atoms with Crippen molar-refractivity contribution in [2.75, 3.05) is 25.0 Å². The summed E-state index contributed by atoms with van der Waals surface area (Å²) in [4.78, 5) is 13.9. The number of amides is 1. The number of benzene rings is 1. The molecule has 0 bridgehead atoms. The van der Waals surface area contributed by atoms with Crippen molar-refractivity contribution >= 4 is 27.7 Å². The number of carbonyl (C=O) groups excluding carboxylic acids is 1. The van der Waals surface area contributed by atoms with Gasteiger partial charge >= 0.3 is 6.09 Å². The third-order valence-electron chi connectivity index (χ3n) is 3.69. The maximum Gasteiger partial charge on any atom is 0.410 e. The summed E-state index contributed by atoms with van der Waals surface area (Å²) in [6, 6.07) is 4.99. The van der Waals surface area contributed by atoms with Crippen LogP contribution in [0.4, 0.5) is 14.9 Å². The zero-order chi connectivity index (χ0) is 17.0. The number of halogens is 2. The van der Waals surface area contributed by atoms with Crippen LogP contribution in [0.2, 0.25) is 0 Å². The van der Waals surface area contributed by atoms with E-state index in [1.54, 1.807) is 11.0 Å².